The number of anilines is 1. The maximum atomic E-state index is 13.0. The molecule has 0 spiro atoms. The quantitative estimate of drug-likeness (QED) is 0.499. The molecule has 0 aliphatic heterocycles. The second-order valence-electron chi connectivity index (χ2n) is 6.35. The predicted octanol–water partition coefficient (Wildman–Crippen LogP) is 1.67. The van der Waals surface area contributed by atoms with Crippen molar-refractivity contribution in [3.05, 3.63) is 58.6 Å². The third-order valence-electron chi connectivity index (χ3n) is 4.40. The normalized spacial score (nSPS) is 11.1. The molecule has 0 saturated heterocycles. The highest BCUT2D eigenvalue weighted by Crippen LogP contribution is 2.17. The molecule has 0 atom stereocenters. The minimum absolute atomic E-state index is 0.158. The zero-order valence-electron chi connectivity index (χ0n) is 15.7. The average Bonchev–Trinajstić information content (AvgIpc) is 3.13. The molecule has 9 nitrogen and oxygen atoms in total. The largest absolute Gasteiger partial charge is 0.462 e. The molecule has 28 heavy (non-hydrogen) atoms. The van der Waals surface area contributed by atoms with E-state index in [0.29, 0.717) is 11.2 Å². The number of hydrogen-bond donors (Lipinski definition) is 0. The van der Waals surface area contributed by atoms with Crippen molar-refractivity contribution in [3.63, 3.8) is 0 Å². The van der Waals surface area contributed by atoms with Gasteiger partial charge in [0.05, 0.1) is 12.8 Å². The smallest absolute Gasteiger partial charge is 0.343 e. The number of rotatable bonds is 4. The molecule has 4 rings (SSSR count). The summed E-state index contributed by atoms with van der Waals surface area (Å²) in [5.74, 6) is -0.527. The van der Waals surface area contributed by atoms with E-state index in [1.54, 1.807) is 19.2 Å². The van der Waals surface area contributed by atoms with E-state index in [4.69, 9.17) is 4.74 Å². The van der Waals surface area contributed by atoms with Gasteiger partial charge in [-0.15, -0.1) is 10.2 Å². The molecule has 1 aromatic carbocycles. The molecule has 0 aliphatic carbocycles. The lowest BCUT2D eigenvalue weighted by Crippen LogP contribution is -2.20. The minimum Gasteiger partial charge on any atom is -0.462 e. The summed E-state index contributed by atoms with van der Waals surface area (Å²) in [6, 6.07) is 9.31. The monoisotopic (exact) mass is 378 g/mol. The third-order valence-corrected chi connectivity index (χ3v) is 4.40. The second-order valence-corrected chi connectivity index (χ2v) is 6.35. The first kappa shape index (κ1) is 17.7. The highest BCUT2D eigenvalue weighted by Gasteiger charge is 2.18. The summed E-state index contributed by atoms with van der Waals surface area (Å²) in [5, 5.41) is 12.3. The highest BCUT2D eigenvalue weighted by atomic mass is 16.5. The number of hydrogen-bond acceptors (Lipinski definition) is 7. The van der Waals surface area contributed by atoms with Crippen molar-refractivity contribution in [2.24, 2.45) is 0 Å². The molecule has 0 bridgehead atoms. The molecule has 3 aromatic heterocycles. The van der Waals surface area contributed by atoms with Crippen molar-refractivity contribution < 1.29 is 9.53 Å². The molecule has 0 radical (unpaired) electrons. The van der Waals surface area contributed by atoms with Gasteiger partial charge in [-0.3, -0.25) is 9.36 Å². The molecule has 3 heterocycles. The number of aromatic nitrogens is 5. The number of carbonyl (C=O) groups excluding carboxylic acids is 1. The Labute approximate surface area is 159 Å². The molecule has 9 heteroatoms. The fraction of sp³-hybridized carbons (Fsp3) is 0.211. The van der Waals surface area contributed by atoms with Crippen LogP contribution in [0.2, 0.25) is 0 Å². The Bertz CT molecular complexity index is 1240. The summed E-state index contributed by atoms with van der Waals surface area (Å²) in [5.41, 5.74) is 2.50. The molecule has 4 aromatic rings. The third kappa shape index (κ3) is 2.77. The van der Waals surface area contributed by atoms with E-state index in [9.17, 15) is 9.59 Å². The first-order chi connectivity index (χ1) is 13.5. The Kier molecular flexibility index (Phi) is 4.26. The van der Waals surface area contributed by atoms with Crippen molar-refractivity contribution in [2.75, 3.05) is 25.6 Å². The summed E-state index contributed by atoms with van der Waals surface area (Å²) in [7, 11) is 3.90. The number of carbonyl (C=O) groups is 1. The van der Waals surface area contributed by atoms with Crippen LogP contribution in [-0.4, -0.2) is 51.1 Å². The lowest BCUT2D eigenvalue weighted by atomic mass is 10.2. The van der Waals surface area contributed by atoms with Crippen molar-refractivity contribution in [1.29, 1.82) is 0 Å². The highest BCUT2D eigenvalue weighted by molar-refractivity contribution is 5.96. The summed E-state index contributed by atoms with van der Waals surface area (Å²) in [4.78, 5) is 27.0. The minimum atomic E-state index is -0.527. The van der Waals surface area contributed by atoms with Crippen LogP contribution in [0.3, 0.4) is 0 Å². The fourth-order valence-electron chi connectivity index (χ4n) is 2.96. The Morgan fingerprint density at radius 1 is 1.14 bits per heavy atom. The molecule has 0 amide bonds. The van der Waals surface area contributed by atoms with Gasteiger partial charge < -0.3 is 9.64 Å². The Morgan fingerprint density at radius 2 is 1.89 bits per heavy atom. The average molecular weight is 378 g/mol. The maximum absolute atomic E-state index is 13.0. The van der Waals surface area contributed by atoms with Crippen LogP contribution in [0.25, 0.3) is 22.4 Å². The number of fused-ring (bicyclic) bond motifs is 3. The van der Waals surface area contributed by atoms with Gasteiger partial charge in [-0.1, -0.05) is 0 Å². The van der Waals surface area contributed by atoms with Crippen LogP contribution in [-0.2, 0) is 4.74 Å². The SMILES string of the molecule is CCOC(=O)c1cnn2c1nnc1c(=O)n(-c3ccc(N(C)C)cc3)ccc12. The molecule has 0 aliphatic rings. The lowest BCUT2D eigenvalue weighted by molar-refractivity contribution is 0.0528. The van der Waals surface area contributed by atoms with Gasteiger partial charge in [-0.05, 0) is 37.3 Å². The fourth-order valence-corrected chi connectivity index (χ4v) is 2.96. The van der Waals surface area contributed by atoms with E-state index in [2.05, 4.69) is 15.3 Å². The summed E-state index contributed by atoms with van der Waals surface area (Å²) in [6.07, 6.45) is 3.02. The second kappa shape index (κ2) is 6.76. The molecular formula is C19H18N6O3. The van der Waals surface area contributed by atoms with E-state index < -0.39 is 5.97 Å². The maximum Gasteiger partial charge on any atom is 0.343 e. The zero-order chi connectivity index (χ0) is 19.8. The van der Waals surface area contributed by atoms with Gasteiger partial charge >= 0.3 is 5.97 Å². The number of esters is 1. The van der Waals surface area contributed by atoms with E-state index in [0.717, 1.165) is 5.69 Å². The summed E-state index contributed by atoms with van der Waals surface area (Å²) in [6.45, 7) is 1.96. The Balaban J connectivity index is 1.85. The number of nitrogens with zero attached hydrogens (tertiary/aromatic N) is 6. The van der Waals surface area contributed by atoms with Crippen LogP contribution in [0.5, 0.6) is 0 Å². The van der Waals surface area contributed by atoms with Crippen LogP contribution in [0, 0.1) is 0 Å². The lowest BCUT2D eigenvalue weighted by Gasteiger charge is -2.13. The topological polar surface area (TPSA) is 94.6 Å². The number of benzene rings is 1. The van der Waals surface area contributed by atoms with Crippen LogP contribution < -0.4 is 10.5 Å². The Hall–Kier alpha value is -3.75. The molecular weight excluding hydrogens is 360 g/mol. The van der Waals surface area contributed by atoms with Gasteiger partial charge in [-0.2, -0.15) is 5.10 Å². The van der Waals surface area contributed by atoms with Crippen molar-refractivity contribution in [1.82, 2.24) is 24.4 Å². The molecule has 0 saturated carbocycles. The first-order valence-electron chi connectivity index (χ1n) is 8.72. The molecule has 0 fully saturated rings. The van der Waals surface area contributed by atoms with Crippen molar-refractivity contribution in [3.8, 4) is 5.69 Å². The van der Waals surface area contributed by atoms with Gasteiger partial charge in [0.2, 0.25) is 0 Å². The molecule has 0 unspecified atom stereocenters. The van der Waals surface area contributed by atoms with E-state index in [1.165, 1.54) is 15.3 Å². The van der Waals surface area contributed by atoms with Gasteiger partial charge in [0.15, 0.2) is 11.2 Å². The number of pyridine rings is 1. The van der Waals surface area contributed by atoms with Crippen molar-refractivity contribution >= 4 is 28.3 Å². The van der Waals surface area contributed by atoms with Gasteiger partial charge in [0.25, 0.3) is 5.56 Å². The zero-order valence-corrected chi connectivity index (χ0v) is 15.7. The summed E-state index contributed by atoms with van der Waals surface area (Å²) < 4.78 is 7.93. The van der Waals surface area contributed by atoms with Crippen LogP contribution in [0.4, 0.5) is 5.69 Å². The molecule has 142 valence electrons. The standard InChI is InChI=1S/C19H18N6O3/c1-4-28-19(27)14-11-20-25-15-9-10-24(18(26)16(15)21-22-17(14)25)13-7-5-12(6-8-13)23(2)3/h5-11H,4H2,1-3H3. The van der Waals surface area contributed by atoms with Crippen molar-refractivity contribution in [2.45, 2.75) is 6.92 Å². The van der Waals surface area contributed by atoms with E-state index in [1.807, 2.05) is 43.3 Å². The predicted molar refractivity (Wildman–Crippen MR) is 104 cm³/mol. The van der Waals surface area contributed by atoms with Gasteiger partial charge in [0, 0.05) is 31.7 Å². The Morgan fingerprint density at radius 3 is 2.57 bits per heavy atom. The van der Waals surface area contributed by atoms with Crippen LogP contribution in [0.1, 0.15) is 17.3 Å². The van der Waals surface area contributed by atoms with Gasteiger partial charge in [0.1, 0.15) is 11.1 Å². The van der Waals surface area contributed by atoms with Gasteiger partial charge in [-0.25, -0.2) is 9.31 Å². The summed E-state index contributed by atoms with van der Waals surface area (Å²) >= 11 is 0. The van der Waals surface area contributed by atoms with Crippen LogP contribution in [0.15, 0.2) is 47.5 Å². The number of ether oxygens (including phenoxy) is 1. The first-order valence-corrected chi connectivity index (χ1v) is 8.72. The van der Waals surface area contributed by atoms with E-state index in [-0.39, 0.29) is 28.9 Å². The van der Waals surface area contributed by atoms with E-state index >= 15 is 0 Å². The van der Waals surface area contributed by atoms with Crippen LogP contribution >= 0.6 is 0 Å². The molecule has 0 N–H and O–H groups in total.